The van der Waals surface area contributed by atoms with Crippen LogP contribution in [0, 0.1) is 40.9 Å². The van der Waals surface area contributed by atoms with Gasteiger partial charge in [-0.25, -0.2) is 9.78 Å². The van der Waals surface area contributed by atoms with E-state index in [2.05, 4.69) is 84.5 Å². The average molecular weight is 671 g/mol. The van der Waals surface area contributed by atoms with E-state index in [0.29, 0.717) is 23.5 Å². The molecule has 2 heterocycles. The van der Waals surface area contributed by atoms with Crippen LogP contribution in [-0.2, 0) is 14.0 Å². The second-order valence-corrected chi connectivity index (χ2v) is 22.0. The molecule has 254 valence electrons. The van der Waals surface area contributed by atoms with Crippen molar-refractivity contribution in [3.63, 3.8) is 0 Å². The van der Waals surface area contributed by atoms with Crippen molar-refractivity contribution < 1.29 is 23.9 Å². The van der Waals surface area contributed by atoms with E-state index in [-0.39, 0.29) is 57.1 Å². The summed E-state index contributed by atoms with van der Waals surface area (Å²) in [6, 6.07) is 3.42. The van der Waals surface area contributed by atoms with Gasteiger partial charge in [-0.2, -0.15) is 0 Å². The maximum Gasteiger partial charge on any atom is 0.337 e. The molecular weight excluding hydrogens is 616 g/mol. The summed E-state index contributed by atoms with van der Waals surface area (Å²) in [5.74, 6) is -0.128. The molecule has 10 atom stereocenters. The largest absolute Gasteiger partial charge is 0.460 e. The van der Waals surface area contributed by atoms with Crippen molar-refractivity contribution in [1.82, 2.24) is 10.3 Å². The Kier molecular flexibility index (Phi) is 9.33. The first kappa shape index (κ1) is 35.3. The molecule has 2 N–H and O–H groups in total. The second kappa shape index (κ2) is 12.2. The molecule has 3 fully saturated rings. The van der Waals surface area contributed by atoms with E-state index in [9.17, 15) is 14.7 Å². The molecule has 0 spiro atoms. The van der Waals surface area contributed by atoms with Gasteiger partial charge in [-0.05, 0) is 110 Å². The van der Waals surface area contributed by atoms with E-state index in [1.54, 1.807) is 18.3 Å². The highest BCUT2D eigenvalue weighted by Crippen LogP contribution is 2.63. The second-order valence-electron chi connectivity index (χ2n) is 16.9. The van der Waals surface area contributed by atoms with Crippen molar-refractivity contribution >= 4 is 31.8 Å². The van der Waals surface area contributed by atoms with Gasteiger partial charge < -0.3 is 19.6 Å². The summed E-state index contributed by atoms with van der Waals surface area (Å²) in [5.41, 5.74) is 0.809. The number of esters is 1. The molecule has 4 aliphatic rings. The van der Waals surface area contributed by atoms with E-state index in [1.807, 2.05) is 6.92 Å². The van der Waals surface area contributed by atoms with Crippen LogP contribution in [0.1, 0.15) is 91.4 Å². The number of halogens is 1. The van der Waals surface area contributed by atoms with Gasteiger partial charge >= 0.3 is 5.97 Å². The van der Waals surface area contributed by atoms with Crippen molar-refractivity contribution in [2.45, 2.75) is 123 Å². The van der Waals surface area contributed by atoms with Gasteiger partial charge in [0.2, 0.25) is 0 Å². The Morgan fingerprint density at radius 2 is 1.91 bits per heavy atom. The van der Waals surface area contributed by atoms with Crippen molar-refractivity contribution in [2.24, 2.45) is 40.9 Å². The number of rotatable bonds is 5. The highest BCUT2D eigenvalue weighted by atomic mass is 35.5. The van der Waals surface area contributed by atoms with Crippen molar-refractivity contribution in [3.8, 4) is 0 Å². The van der Waals surface area contributed by atoms with Crippen LogP contribution in [0.15, 0.2) is 42.1 Å². The van der Waals surface area contributed by atoms with Gasteiger partial charge in [0.25, 0.3) is 5.91 Å². The number of cyclic esters (lactones) is 1. The minimum absolute atomic E-state index is 0.0286. The summed E-state index contributed by atoms with van der Waals surface area (Å²) in [6.45, 7) is 26.3. The van der Waals surface area contributed by atoms with Crippen LogP contribution in [0.3, 0.4) is 0 Å². The predicted octanol–water partition coefficient (Wildman–Crippen LogP) is 7.75. The molecule has 0 aromatic carbocycles. The number of carbonyl (C=O) groups is 2. The van der Waals surface area contributed by atoms with E-state index >= 15 is 0 Å². The van der Waals surface area contributed by atoms with E-state index in [1.165, 1.54) is 5.57 Å². The fourth-order valence-corrected chi connectivity index (χ4v) is 10.7. The van der Waals surface area contributed by atoms with Crippen LogP contribution in [0.4, 0.5) is 0 Å². The number of carbonyl (C=O) groups excluding carboxylic acids is 2. The van der Waals surface area contributed by atoms with Crippen molar-refractivity contribution in [3.05, 3.63) is 52.8 Å². The molecule has 46 heavy (non-hydrogen) atoms. The number of hydrogen-bond acceptors (Lipinski definition) is 6. The Balaban J connectivity index is 1.53. The Morgan fingerprint density at radius 1 is 1.24 bits per heavy atom. The summed E-state index contributed by atoms with van der Waals surface area (Å²) >= 11 is 6.31. The standard InChI is InChI=1S/C37H55ClN2O5Si/c1-20(2)30-28-17-25-22(4)37(43)27(23(5)44-34(42)31(37)45-46(10,11)35(6,7)8)15-14-21(3)26(25)18-36(28,9)19-29(30)40-33(41)24-13-12-16-39-32(24)38/h12-14,16,20,23,25-31,43H,4,15,17-19H2,1-3,5-11H3,(H,40,41)/b21-14-. The third kappa shape index (κ3) is 5.83. The van der Waals surface area contributed by atoms with E-state index in [4.69, 9.17) is 20.8 Å². The number of allylic oxidation sites excluding steroid dienone is 2. The summed E-state index contributed by atoms with van der Waals surface area (Å²) in [4.78, 5) is 31.3. The summed E-state index contributed by atoms with van der Waals surface area (Å²) in [7, 11) is -2.48. The first-order valence-corrected chi connectivity index (χ1v) is 20.4. The Bertz CT molecular complexity index is 1420. The number of aliphatic hydroxyl groups is 1. The normalized spacial score (nSPS) is 39.3. The highest BCUT2D eigenvalue weighted by Gasteiger charge is 2.64. The first-order valence-electron chi connectivity index (χ1n) is 17.1. The highest BCUT2D eigenvalue weighted by molar-refractivity contribution is 6.74. The molecule has 2 saturated carbocycles. The summed E-state index contributed by atoms with van der Waals surface area (Å²) < 4.78 is 12.7. The van der Waals surface area contributed by atoms with Gasteiger partial charge in [-0.15, -0.1) is 0 Å². The van der Waals surface area contributed by atoms with Gasteiger partial charge in [0, 0.05) is 18.2 Å². The van der Waals surface area contributed by atoms with Crippen LogP contribution in [0.2, 0.25) is 23.3 Å². The van der Waals surface area contributed by atoms with E-state index < -0.39 is 32.1 Å². The molecule has 0 bridgehead atoms. The zero-order valence-electron chi connectivity index (χ0n) is 29.4. The van der Waals surface area contributed by atoms with Crippen LogP contribution >= 0.6 is 11.6 Å². The van der Waals surface area contributed by atoms with Crippen molar-refractivity contribution in [2.75, 3.05) is 0 Å². The Hall–Kier alpha value is -2.00. The lowest BCUT2D eigenvalue weighted by atomic mass is 9.53. The summed E-state index contributed by atoms with van der Waals surface area (Å²) in [6.07, 6.45) is 5.43. The van der Waals surface area contributed by atoms with Crippen LogP contribution in [-0.4, -0.2) is 54.1 Å². The molecule has 1 aromatic heterocycles. The smallest absolute Gasteiger partial charge is 0.337 e. The van der Waals surface area contributed by atoms with Crippen LogP contribution in [0.25, 0.3) is 0 Å². The molecular formula is C37H55ClN2O5Si. The minimum Gasteiger partial charge on any atom is -0.460 e. The van der Waals surface area contributed by atoms with Crippen LogP contribution in [0.5, 0.6) is 0 Å². The number of fused-ring (bicyclic) bond motifs is 3. The van der Waals surface area contributed by atoms with Gasteiger partial charge in [0.1, 0.15) is 16.9 Å². The first-order chi connectivity index (χ1) is 21.2. The zero-order valence-corrected chi connectivity index (χ0v) is 31.2. The lowest BCUT2D eigenvalue weighted by molar-refractivity contribution is -0.206. The minimum atomic E-state index is -2.48. The number of hydrogen-bond donors (Lipinski definition) is 2. The fraction of sp³-hybridized carbons (Fsp3) is 0.703. The van der Waals surface area contributed by atoms with Gasteiger partial charge in [0.05, 0.1) is 5.56 Å². The van der Waals surface area contributed by atoms with Gasteiger partial charge in [0.15, 0.2) is 14.4 Å². The molecule has 9 heteroatoms. The zero-order chi connectivity index (χ0) is 34.1. The Morgan fingerprint density at radius 3 is 2.52 bits per heavy atom. The topological polar surface area (TPSA) is 97.8 Å². The third-order valence-electron chi connectivity index (χ3n) is 12.8. The Labute approximate surface area is 282 Å². The number of nitrogens with zero attached hydrogens (tertiary/aromatic N) is 1. The van der Waals surface area contributed by atoms with E-state index in [0.717, 1.165) is 19.3 Å². The maximum absolute atomic E-state index is 13.7. The lowest BCUT2D eigenvalue weighted by Gasteiger charge is -2.56. The van der Waals surface area contributed by atoms with Crippen LogP contribution < -0.4 is 5.32 Å². The lowest BCUT2D eigenvalue weighted by Crippen LogP contribution is -2.67. The molecule has 5 rings (SSSR count). The number of nitrogens with one attached hydrogen (secondary N) is 1. The molecule has 10 unspecified atom stereocenters. The number of aromatic nitrogens is 1. The SMILES string of the molecule is C=C1C2CC3C(C(C)C)C(NC(=O)c4cccnc4Cl)CC3(C)CC2/C(C)=C\CC2C(C)OC(=O)C(O[Si](C)(C)C(C)(C)C)C12O. The summed E-state index contributed by atoms with van der Waals surface area (Å²) in [5, 5.41) is 16.4. The third-order valence-corrected chi connectivity index (χ3v) is 17.5. The number of pyridine rings is 1. The van der Waals surface area contributed by atoms with Gasteiger partial charge in [-0.3, -0.25) is 4.79 Å². The molecule has 1 amide bonds. The molecule has 0 radical (unpaired) electrons. The molecule has 1 saturated heterocycles. The quantitative estimate of drug-likeness (QED) is 0.144. The molecule has 1 aliphatic heterocycles. The average Bonchev–Trinajstić information content (AvgIpc) is 3.23. The number of ether oxygens (including phenoxy) is 1. The monoisotopic (exact) mass is 670 g/mol. The predicted molar refractivity (Wildman–Crippen MR) is 185 cm³/mol. The maximum atomic E-state index is 13.7. The molecule has 3 aliphatic carbocycles. The van der Waals surface area contributed by atoms with Crippen molar-refractivity contribution in [1.29, 1.82) is 0 Å². The molecule has 7 nitrogen and oxygen atoms in total. The molecule has 1 aromatic rings. The number of amides is 1. The fourth-order valence-electron chi connectivity index (χ4n) is 9.24. The van der Waals surface area contributed by atoms with Gasteiger partial charge in [-0.1, -0.05) is 71.4 Å².